The Morgan fingerprint density at radius 3 is 2.07 bits per heavy atom. The maximum atomic E-state index is 10.5. The highest BCUT2D eigenvalue weighted by Crippen LogP contribution is 2.37. The summed E-state index contributed by atoms with van der Waals surface area (Å²) in [6.07, 6.45) is 8.76. The lowest BCUT2D eigenvalue weighted by atomic mass is 9.72. The van der Waals surface area contributed by atoms with E-state index in [1.54, 1.807) is 0 Å². The van der Waals surface area contributed by atoms with Gasteiger partial charge in [0, 0.05) is 18.6 Å². The first-order valence-corrected chi connectivity index (χ1v) is 6.25. The number of rotatable bonds is 1. The minimum atomic E-state index is -0.760. The van der Waals surface area contributed by atoms with Crippen LogP contribution in [-0.4, -0.2) is 29.5 Å². The summed E-state index contributed by atoms with van der Waals surface area (Å²) in [4.78, 5) is 0. The Morgan fingerprint density at radius 1 is 0.933 bits per heavy atom. The van der Waals surface area contributed by atoms with Crippen molar-refractivity contribution in [2.45, 2.75) is 62.5 Å². The van der Waals surface area contributed by atoms with Crippen LogP contribution in [0, 0.1) is 0 Å². The summed E-state index contributed by atoms with van der Waals surface area (Å²) >= 11 is 0. The summed E-state index contributed by atoms with van der Waals surface area (Å²) in [5, 5.41) is 10.5. The molecule has 0 radical (unpaired) electrons. The van der Waals surface area contributed by atoms with Crippen LogP contribution in [0.25, 0.3) is 0 Å². The van der Waals surface area contributed by atoms with Crippen LogP contribution in [-0.2, 0) is 4.74 Å². The number of nitrogens with two attached hydrogens (primary N) is 1. The third-order valence-electron chi connectivity index (χ3n) is 4.17. The zero-order chi connectivity index (χ0) is 10.8. The van der Waals surface area contributed by atoms with Gasteiger partial charge in [0.2, 0.25) is 0 Å². The van der Waals surface area contributed by atoms with Gasteiger partial charge in [-0.1, -0.05) is 32.1 Å². The number of ether oxygens (including phenoxy) is 1. The lowest BCUT2D eigenvalue weighted by molar-refractivity contribution is -0.0509. The van der Waals surface area contributed by atoms with Crippen LogP contribution in [0.1, 0.15) is 51.4 Å². The summed E-state index contributed by atoms with van der Waals surface area (Å²) in [7, 11) is 0. The molecule has 88 valence electrons. The van der Waals surface area contributed by atoms with Gasteiger partial charge in [0.15, 0.2) is 0 Å². The molecule has 1 atom stereocenters. The van der Waals surface area contributed by atoms with E-state index in [2.05, 4.69) is 0 Å². The molecule has 15 heavy (non-hydrogen) atoms. The lowest BCUT2D eigenvalue weighted by Gasteiger charge is -2.43. The molecule has 1 unspecified atom stereocenters. The predicted molar refractivity (Wildman–Crippen MR) is 59.6 cm³/mol. The molecule has 0 spiro atoms. The third-order valence-corrected chi connectivity index (χ3v) is 4.17. The molecule has 1 saturated carbocycles. The van der Waals surface area contributed by atoms with Gasteiger partial charge in [-0.3, -0.25) is 0 Å². The molecule has 0 bridgehead atoms. The van der Waals surface area contributed by atoms with Crippen molar-refractivity contribution in [3.05, 3.63) is 0 Å². The molecule has 0 aromatic heterocycles. The van der Waals surface area contributed by atoms with E-state index in [9.17, 15) is 5.11 Å². The van der Waals surface area contributed by atoms with E-state index in [4.69, 9.17) is 10.5 Å². The SMILES string of the molecule is NC1(C2(O)CCOC2)CCCCCCC1. The molecule has 3 nitrogen and oxygen atoms in total. The first kappa shape index (κ1) is 11.4. The van der Waals surface area contributed by atoms with Crippen LogP contribution in [0.2, 0.25) is 0 Å². The molecule has 0 aromatic carbocycles. The zero-order valence-corrected chi connectivity index (χ0v) is 9.50. The Hall–Kier alpha value is -0.120. The van der Waals surface area contributed by atoms with Crippen molar-refractivity contribution in [1.82, 2.24) is 0 Å². The van der Waals surface area contributed by atoms with Crippen molar-refractivity contribution in [1.29, 1.82) is 0 Å². The van der Waals surface area contributed by atoms with Gasteiger partial charge >= 0.3 is 0 Å². The largest absolute Gasteiger partial charge is 0.385 e. The number of hydrogen-bond acceptors (Lipinski definition) is 3. The second kappa shape index (κ2) is 4.40. The number of hydrogen-bond donors (Lipinski definition) is 2. The van der Waals surface area contributed by atoms with Gasteiger partial charge < -0.3 is 15.6 Å². The van der Waals surface area contributed by atoms with E-state index >= 15 is 0 Å². The van der Waals surface area contributed by atoms with Gasteiger partial charge in [-0.25, -0.2) is 0 Å². The Kier molecular flexibility index (Phi) is 3.33. The smallest absolute Gasteiger partial charge is 0.108 e. The maximum absolute atomic E-state index is 10.5. The van der Waals surface area contributed by atoms with E-state index in [1.807, 2.05) is 0 Å². The summed E-state index contributed by atoms with van der Waals surface area (Å²) in [5.41, 5.74) is 5.28. The van der Waals surface area contributed by atoms with Crippen LogP contribution >= 0.6 is 0 Å². The van der Waals surface area contributed by atoms with E-state index < -0.39 is 11.1 Å². The first-order valence-electron chi connectivity index (χ1n) is 6.25. The molecule has 2 fully saturated rings. The summed E-state index contributed by atoms with van der Waals surface area (Å²) in [6.45, 7) is 1.10. The topological polar surface area (TPSA) is 55.5 Å². The quantitative estimate of drug-likeness (QED) is 0.695. The Balaban J connectivity index is 2.07. The summed E-state index contributed by atoms with van der Waals surface area (Å²) < 4.78 is 5.32. The Bertz CT molecular complexity index is 204. The van der Waals surface area contributed by atoms with Crippen molar-refractivity contribution in [2.24, 2.45) is 5.73 Å². The highest BCUT2D eigenvalue weighted by atomic mass is 16.5. The zero-order valence-electron chi connectivity index (χ0n) is 9.50. The molecule has 1 saturated heterocycles. The fourth-order valence-electron chi connectivity index (χ4n) is 2.95. The van der Waals surface area contributed by atoms with E-state index in [1.165, 1.54) is 19.3 Å². The van der Waals surface area contributed by atoms with Crippen LogP contribution in [0.5, 0.6) is 0 Å². The van der Waals surface area contributed by atoms with Crippen LogP contribution in [0.4, 0.5) is 0 Å². The van der Waals surface area contributed by atoms with Gasteiger partial charge in [-0.05, 0) is 12.8 Å². The standard InChI is InChI=1S/C12H23NO2/c13-11(12(14)8-9-15-10-12)6-4-2-1-3-5-7-11/h14H,1-10,13H2. The molecule has 3 N–H and O–H groups in total. The van der Waals surface area contributed by atoms with Crippen LogP contribution in [0.15, 0.2) is 0 Å². The predicted octanol–water partition coefficient (Wildman–Crippen LogP) is 1.58. The summed E-state index contributed by atoms with van der Waals surface area (Å²) in [5.74, 6) is 0. The maximum Gasteiger partial charge on any atom is 0.108 e. The van der Waals surface area contributed by atoms with Gasteiger partial charge in [0.05, 0.1) is 6.61 Å². The third kappa shape index (κ3) is 2.19. The minimum absolute atomic E-state index is 0.399. The van der Waals surface area contributed by atoms with Gasteiger partial charge in [0.1, 0.15) is 5.60 Å². The second-order valence-electron chi connectivity index (χ2n) is 5.26. The summed E-state index contributed by atoms with van der Waals surface area (Å²) in [6, 6.07) is 0. The monoisotopic (exact) mass is 213 g/mol. The molecule has 1 aliphatic carbocycles. The van der Waals surface area contributed by atoms with Gasteiger partial charge in [-0.2, -0.15) is 0 Å². The second-order valence-corrected chi connectivity index (χ2v) is 5.26. The average Bonchev–Trinajstić information content (AvgIpc) is 2.61. The highest BCUT2D eigenvalue weighted by molar-refractivity contribution is 5.05. The normalized spacial score (nSPS) is 37.2. The Labute approximate surface area is 92.0 Å². The van der Waals surface area contributed by atoms with E-state index in [0.717, 1.165) is 25.7 Å². The molecule has 0 amide bonds. The fourth-order valence-corrected chi connectivity index (χ4v) is 2.95. The molecule has 2 aliphatic rings. The first-order chi connectivity index (χ1) is 7.16. The van der Waals surface area contributed by atoms with Gasteiger partial charge in [0.25, 0.3) is 0 Å². The molecule has 0 aromatic rings. The van der Waals surface area contributed by atoms with Crippen molar-refractivity contribution < 1.29 is 9.84 Å². The van der Waals surface area contributed by atoms with Crippen molar-refractivity contribution >= 4 is 0 Å². The molecule has 1 heterocycles. The van der Waals surface area contributed by atoms with Crippen LogP contribution in [0.3, 0.4) is 0 Å². The molecule has 1 aliphatic heterocycles. The minimum Gasteiger partial charge on any atom is -0.385 e. The Morgan fingerprint density at radius 2 is 1.53 bits per heavy atom. The molecule has 2 rings (SSSR count). The van der Waals surface area contributed by atoms with E-state index in [-0.39, 0.29) is 0 Å². The molecule has 3 heteroatoms. The molecular formula is C12H23NO2. The van der Waals surface area contributed by atoms with E-state index in [0.29, 0.717) is 19.6 Å². The van der Waals surface area contributed by atoms with Crippen molar-refractivity contribution in [2.75, 3.05) is 13.2 Å². The van der Waals surface area contributed by atoms with Crippen molar-refractivity contribution in [3.63, 3.8) is 0 Å². The number of aliphatic hydroxyl groups is 1. The van der Waals surface area contributed by atoms with Gasteiger partial charge in [-0.15, -0.1) is 0 Å². The average molecular weight is 213 g/mol. The highest BCUT2D eigenvalue weighted by Gasteiger charge is 2.49. The molecular weight excluding hydrogens is 190 g/mol. The lowest BCUT2D eigenvalue weighted by Crippen LogP contribution is -2.61. The van der Waals surface area contributed by atoms with Crippen molar-refractivity contribution in [3.8, 4) is 0 Å². The van der Waals surface area contributed by atoms with Crippen LogP contribution < -0.4 is 5.73 Å². The fraction of sp³-hybridized carbons (Fsp3) is 1.00.